The van der Waals surface area contributed by atoms with E-state index >= 15 is 0 Å². The van der Waals surface area contributed by atoms with Crippen molar-refractivity contribution in [1.82, 2.24) is 20.2 Å². The zero-order chi connectivity index (χ0) is 23.3. The molecule has 0 saturated heterocycles. The summed E-state index contributed by atoms with van der Waals surface area (Å²) >= 11 is 2.60. The molecular weight excluding hydrogens is 448 g/mol. The average Bonchev–Trinajstić information content (AvgIpc) is 3.11. The highest BCUT2D eigenvalue weighted by Crippen LogP contribution is 2.31. The van der Waals surface area contributed by atoms with Crippen molar-refractivity contribution in [1.29, 1.82) is 0 Å². The number of nitrogens with one attached hydrogen (secondary N) is 2. The third-order valence-corrected chi connectivity index (χ3v) is 7.05. The number of aryl methyl sites for hydroxylation is 2. The van der Waals surface area contributed by atoms with E-state index in [4.69, 9.17) is 9.72 Å². The third kappa shape index (κ3) is 5.13. The number of fused-ring (bicyclic) bond motifs is 1. The highest BCUT2D eigenvalue weighted by atomic mass is 32.2. The second-order valence-electron chi connectivity index (χ2n) is 7.01. The van der Waals surface area contributed by atoms with Gasteiger partial charge in [0.2, 0.25) is 5.91 Å². The van der Waals surface area contributed by atoms with Gasteiger partial charge >= 0.3 is 6.03 Å². The normalized spacial score (nSPS) is 10.9. The molecule has 0 aliphatic rings. The highest BCUT2D eigenvalue weighted by Gasteiger charge is 2.20. The lowest BCUT2D eigenvalue weighted by atomic mass is 10.2. The van der Waals surface area contributed by atoms with Crippen molar-refractivity contribution < 1.29 is 14.3 Å². The van der Waals surface area contributed by atoms with Gasteiger partial charge in [-0.15, -0.1) is 11.3 Å². The van der Waals surface area contributed by atoms with Crippen molar-refractivity contribution in [2.75, 3.05) is 19.4 Å². The van der Waals surface area contributed by atoms with E-state index < -0.39 is 11.9 Å². The molecule has 0 spiro atoms. The molecule has 0 saturated carbocycles. The fraction of sp³-hybridized carbons (Fsp3) is 0.364. The highest BCUT2D eigenvalue weighted by molar-refractivity contribution is 7.99. The molecule has 0 bridgehead atoms. The second-order valence-corrected chi connectivity index (χ2v) is 9.04. The second kappa shape index (κ2) is 10.6. The molecular formula is C22H26N4O4S2. The Bertz CT molecular complexity index is 1200. The van der Waals surface area contributed by atoms with Crippen LogP contribution in [0.25, 0.3) is 15.9 Å². The largest absolute Gasteiger partial charge is 0.497 e. The van der Waals surface area contributed by atoms with Crippen molar-refractivity contribution in [2.45, 2.75) is 38.8 Å². The number of hydrogen-bond donors (Lipinski definition) is 2. The van der Waals surface area contributed by atoms with E-state index in [1.54, 1.807) is 31.4 Å². The molecule has 0 fully saturated rings. The number of benzene rings is 1. The molecule has 0 unspecified atom stereocenters. The number of carbonyl (C=O) groups excluding carboxylic acids is 2. The molecule has 32 heavy (non-hydrogen) atoms. The number of hydrogen-bond acceptors (Lipinski definition) is 7. The van der Waals surface area contributed by atoms with E-state index in [1.165, 1.54) is 15.9 Å². The van der Waals surface area contributed by atoms with Crippen LogP contribution in [0.2, 0.25) is 0 Å². The fourth-order valence-electron chi connectivity index (χ4n) is 3.20. The number of aromatic nitrogens is 2. The molecule has 0 aliphatic carbocycles. The number of carbonyl (C=O) groups is 2. The summed E-state index contributed by atoms with van der Waals surface area (Å²) in [6.45, 7) is 6.39. The maximum atomic E-state index is 13.6. The zero-order valence-electron chi connectivity index (χ0n) is 18.5. The minimum absolute atomic E-state index is 0.0630. The van der Waals surface area contributed by atoms with Gasteiger partial charge in [0.05, 0.1) is 23.9 Å². The number of amides is 3. The Morgan fingerprint density at radius 2 is 2.06 bits per heavy atom. The van der Waals surface area contributed by atoms with Crippen LogP contribution >= 0.6 is 23.1 Å². The molecule has 2 heterocycles. The summed E-state index contributed by atoms with van der Waals surface area (Å²) < 4.78 is 6.81. The van der Waals surface area contributed by atoms with Gasteiger partial charge in [-0.25, -0.2) is 9.78 Å². The molecule has 10 heteroatoms. The quantitative estimate of drug-likeness (QED) is 0.382. The summed E-state index contributed by atoms with van der Waals surface area (Å²) in [5.74, 6) is 0.0748. The molecule has 1 aromatic carbocycles. The van der Waals surface area contributed by atoms with E-state index in [-0.39, 0.29) is 11.3 Å². The lowest BCUT2D eigenvalue weighted by Gasteiger charge is -2.13. The molecule has 3 rings (SSSR count). The molecule has 3 amide bonds. The van der Waals surface area contributed by atoms with Gasteiger partial charge in [0.1, 0.15) is 10.6 Å². The Morgan fingerprint density at radius 1 is 1.28 bits per heavy atom. The van der Waals surface area contributed by atoms with E-state index in [0.717, 1.165) is 35.0 Å². The summed E-state index contributed by atoms with van der Waals surface area (Å²) in [6, 6.07) is 6.59. The van der Waals surface area contributed by atoms with Crippen LogP contribution in [0.5, 0.6) is 5.75 Å². The smallest absolute Gasteiger partial charge is 0.321 e. The zero-order valence-corrected chi connectivity index (χ0v) is 20.1. The predicted molar refractivity (Wildman–Crippen MR) is 128 cm³/mol. The van der Waals surface area contributed by atoms with Crippen molar-refractivity contribution in [3.05, 3.63) is 45.1 Å². The van der Waals surface area contributed by atoms with Crippen molar-refractivity contribution in [2.24, 2.45) is 0 Å². The molecule has 170 valence electrons. The summed E-state index contributed by atoms with van der Waals surface area (Å²) in [6.07, 6.45) is 1.58. The molecule has 2 aromatic heterocycles. The van der Waals surface area contributed by atoms with E-state index in [0.29, 0.717) is 33.4 Å². The lowest BCUT2D eigenvalue weighted by molar-refractivity contribution is -0.117. The first-order valence-electron chi connectivity index (χ1n) is 10.3. The fourth-order valence-corrected chi connectivity index (χ4v) is 5.17. The van der Waals surface area contributed by atoms with Crippen LogP contribution in [0.1, 0.15) is 30.7 Å². The van der Waals surface area contributed by atoms with Gasteiger partial charge in [0, 0.05) is 17.5 Å². The summed E-state index contributed by atoms with van der Waals surface area (Å²) in [7, 11) is 1.56. The van der Waals surface area contributed by atoms with Gasteiger partial charge in [0.15, 0.2) is 5.16 Å². The first kappa shape index (κ1) is 23.8. The minimum Gasteiger partial charge on any atom is -0.497 e. The van der Waals surface area contributed by atoms with E-state index in [2.05, 4.69) is 10.6 Å². The predicted octanol–water partition coefficient (Wildman–Crippen LogP) is 3.65. The van der Waals surface area contributed by atoms with Gasteiger partial charge < -0.3 is 10.1 Å². The maximum absolute atomic E-state index is 13.6. The van der Waals surface area contributed by atoms with Gasteiger partial charge in [-0.1, -0.05) is 31.7 Å². The van der Waals surface area contributed by atoms with Crippen molar-refractivity contribution in [3.63, 3.8) is 0 Å². The van der Waals surface area contributed by atoms with Crippen molar-refractivity contribution >= 4 is 45.3 Å². The van der Waals surface area contributed by atoms with Crippen LogP contribution in [0.4, 0.5) is 4.79 Å². The number of imide groups is 1. The van der Waals surface area contributed by atoms with Crippen LogP contribution in [-0.2, 0) is 11.2 Å². The van der Waals surface area contributed by atoms with Crippen LogP contribution in [-0.4, -0.2) is 40.9 Å². The first-order valence-corrected chi connectivity index (χ1v) is 12.1. The van der Waals surface area contributed by atoms with Crippen LogP contribution < -0.4 is 20.9 Å². The lowest BCUT2D eigenvalue weighted by Crippen LogP contribution is -2.40. The Hall–Kier alpha value is -2.85. The molecule has 0 atom stereocenters. The molecule has 2 N–H and O–H groups in total. The Kier molecular flexibility index (Phi) is 7.92. The molecule has 0 aliphatic heterocycles. The molecule has 0 radical (unpaired) electrons. The monoisotopic (exact) mass is 474 g/mol. The molecule has 3 aromatic rings. The van der Waals surface area contributed by atoms with Crippen LogP contribution in [0.3, 0.4) is 0 Å². The number of nitrogens with zero attached hydrogens (tertiary/aromatic N) is 2. The van der Waals surface area contributed by atoms with Gasteiger partial charge in [0.25, 0.3) is 5.56 Å². The van der Waals surface area contributed by atoms with Gasteiger partial charge in [-0.2, -0.15) is 0 Å². The number of ether oxygens (including phenoxy) is 1. The average molecular weight is 475 g/mol. The first-order chi connectivity index (χ1) is 15.4. The number of urea groups is 1. The SMILES string of the molecule is CCCNC(=O)NC(=O)CSc1nc2sc(CC)c(C)c2c(=O)n1-c1cccc(OC)c1. The standard InChI is InChI=1S/C22H26N4O4S2/c1-5-10-23-21(29)24-17(27)12-31-22-25-19-18(13(3)16(6-2)32-19)20(28)26(22)14-8-7-9-15(11-14)30-4/h7-9,11H,5-6,10,12H2,1-4H3,(H2,23,24,27,29). The summed E-state index contributed by atoms with van der Waals surface area (Å²) in [4.78, 5) is 44.0. The summed E-state index contributed by atoms with van der Waals surface area (Å²) in [5, 5.41) is 5.86. The summed E-state index contributed by atoms with van der Waals surface area (Å²) in [5.41, 5.74) is 1.33. The maximum Gasteiger partial charge on any atom is 0.321 e. The van der Waals surface area contributed by atoms with Crippen LogP contribution in [0, 0.1) is 6.92 Å². The topological polar surface area (TPSA) is 102 Å². The number of rotatable bonds is 8. The minimum atomic E-state index is -0.535. The third-order valence-electron chi connectivity index (χ3n) is 4.79. The van der Waals surface area contributed by atoms with E-state index in [1.807, 2.05) is 20.8 Å². The number of thioether (sulfide) groups is 1. The Balaban J connectivity index is 2.01. The van der Waals surface area contributed by atoms with Crippen molar-refractivity contribution in [3.8, 4) is 11.4 Å². The van der Waals surface area contributed by atoms with E-state index in [9.17, 15) is 14.4 Å². The Morgan fingerprint density at radius 3 is 2.75 bits per heavy atom. The van der Waals surface area contributed by atoms with Gasteiger partial charge in [-0.05, 0) is 37.5 Å². The number of methoxy groups -OCH3 is 1. The number of thiophene rings is 1. The van der Waals surface area contributed by atoms with Crippen LogP contribution in [0.15, 0.2) is 34.2 Å². The molecule has 8 nitrogen and oxygen atoms in total. The Labute approximate surface area is 194 Å². The van der Waals surface area contributed by atoms with Gasteiger partial charge in [-0.3, -0.25) is 19.5 Å².